The average Bonchev–Trinajstić information content (AvgIpc) is 3.30. The number of hydrogen-bond acceptors (Lipinski definition) is 13. The third kappa shape index (κ3) is 15.3. The number of aliphatic hydroxyl groups is 3. The number of ether oxygens (including phenoxy) is 5. The van der Waals surface area contributed by atoms with E-state index in [1.54, 1.807) is 34.0 Å². The molecule has 3 aliphatic heterocycles. The van der Waals surface area contributed by atoms with Gasteiger partial charge in [-0.15, -0.1) is 0 Å². The van der Waals surface area contributed by atoms with E-state index < -0.39 is 71.7 Å². The highest BCUT2D eigenvalue weighted by atomic mass is 16.6. The Morgan fingerprint density at radius 2 is 1.58 bits per heavy atom. The predicted octanol–water partition coefficient (Wildman–Crippen LogP) is 6.82. The van der Waals surface area contributed by atoms with Crippen LogP contribution in [-0.2, 0) is 47.7 Å². The van der Waals surface area contributed by atoms with Crippen molar-refractivity contribution in [3.8, 4) is 0 Å². The molecule has 15 atom stereocenters. The molecule has 4 aliphatic rings. The molecule has 1 aliphatic carbocycles. The number of Topliss-reactive ketones (excluding diaryl/α,β-unsaturated/α-hetero) is 3. The van der Waals surface area contributed by atoms with Crippen molar-refractivity contribution in [1.29, 1.82) is 0 Å². The normalized spacial score (nSPS) is 39.6. The van der Waals surface area contributed by atoms with Gasteiger partial charge in [0.05, 0.1) is 31.5 Å². The van der Waals surface area contributed by atoms with E-state index in [0.29, 0.717) is 63.4 Å². The third-order valence-electron chi connectivity index (χ3n) is 15.0. The van der Waals surface area contributed by atoms with Crippen molar-refractivity contribution in [1.82, 2.24) is 4.90 Å². The molecule has 14 heteroatoms. The maximum atomic E-state index is 14.4. The molecule has 1 amide bonds. The van der Waals surface area contributed by atoms with Crippen molar-refractivity contribution in [2.45, 2.75) is 181 Å². The number of aliphatic hydroxyl groups excluding tert-OH is 2. The van der Waals surface area contributed by atoms with E-state index in [9.17, 15) is 39.3 Å². The van der Waals surface area contributed by atoms with Crippen LogP contribution >= 0.6 is 0 Å². The molecule has 0 aromatic rings. The Morgan fingerprint density at radius 3 is 2.27 bits per heavy atom. The molecule has 378 valence electrons. The maximum Gasteiger partial charge on any atom is 0.329 e. The molecule has 0 radical (unpaired) electrons. The molecular formula is C53H83NO13. The summed E-state index contributed by atoms with van der Waals surface area (Å²) < 4.78 is 29.7. The number of hydrogen-bond donors (Lipinski definition) is 3. The van der Waals surface area contributed by atoms with Gasteiger partial charge < -0.3 is 43.9 Å². The Hall–Kier alpha value is -3.37. The number of nitrogens with zero attached hydrogens (tertiary/aromatic N) is 1. The number of piperidine rings is 1. The minimum absolute atomic E-state index is 0.0280. The number of cyclic esters (lactones) is 1. The Balaban J connectivity index is 1.68. The lowest BCUT2D eigenvalue weighted by Crippen LogP contribution is -2.60. The quantitative estimate of drug-likeness (QED) is 0.131. The Bertz CT molecular complexity index is 1790. The minimum atomic E-state index is -2.38. The first-order valence-corrected chi connectivity index (χ1v) is 24.9. The number of carbonyl (C=O) groups excluding carboxylic acids is 5. The van der Waals surface area contributed by atoms with Crippen LogP contribution in [0.5, 0.6) is 0 Å². The van der Waals surface area contributed by atoms with E-state index in [0.717, 1.165) is 12.0 Å². The van der Waals surface area contributed by atoms with E-state index in [1.165, 1.54) is 12.0 Å². The summed E-state index contributed by atoms with van der Waals surface area (Å²) in [6.45, 7) is 15.1. The number of amides is 1. The molecule has 0 aromatic carbocycles. The zero-order valence-corrected chi connectivity index (χ0v) is 42.0. The van der Waals surface area contributed by atoms with E-state index in [1.807, 2.05) is 58.1 Å². The van der Waals surface area contributed by atoms with Gasteiger partial charge in [0.2, 0.25) is 5.79 Å². The van der Waals surface area contributed by atoms with Gasteiger partial charge in [0.25, 0.3) is 11.7 Å². The molecule has 4 rings (SSSR count). The van der Waals surface area contributed by atoms with E-state index >= 15 is 0 Å². The third-order valence-corrected chi connectivity index (χ3v) is 15.0. The summed E-state index contributed by atoms with van der Waals surface area (Å²) in [7, 11) is 3.02. The number of rotatable bonds is 8. The highest BCUT2D eigenvalue weighted by Gasteiger charge is 2.53. The maximum absolute atomic E-state index is 14.4. The van der Waals surface area contributed by atoms with Gasteiger partial charge in [-0.25, -0.2) is 4.79 Å². The van der Waals surface area contributed by atoms with Gasteiger partial charge in [-0.2, -0.15) is 0 Å². The van der Waals surface area contributed by atoms with Gasteiger partial charge in [0.1, 0.15) is 30.1 Å². The fourth-order valence-corrected chi connectivity index (χ4v) is 10.4. The minimum Gasteiger partial charge on any atom is -0.460 e. The number of allylic oxidation sites excluding steroid dienone is 7. The van der Waals surface area contributed by atoms with Gasteiger partial charge in [-0.05, 0) is 114 Å². The molecule has 67 heavy (non-hydrogen) atoms. The van der Waals surface area contributed by atoms with Crippen molar-refractivity contribution >= 4 is 29.2 Å². The number of esters is 1. The number of carbonyl (C=O) groups is 5. The van der Waals surface area contributed by atoms with Crippen molar-refractivity contribution in [3.63, 3.8) is 0 Å². The second-order valence-electron chi connectivity index (χ2n) is 20.3. The monoisotopic (exact) mass is 942 g/mol. The standard InChI is InChI=1S/C53H83NO13/c1-32-16-12-11-13-17-33(2)34(3)29-41-21-19-39(8)53(62,67-41)50(59)51(60)54-23-15-14-18-42(54)52(61)66-45(36(5)28-40-20-22-44(65-25-24-55)46(30-40)63-9)31-43(56)35(4)27-38(7)48(58)49(64-10)47(57)37(6)26-32/h11-13,16-17,27,32,34-37,39-42,44-46,48-49,55,58,62H,14-15,18-26,28-31H2,1-10H3/b13-11+,16-12+,33-17+,38-27+/t32?,34?,35?,36?,37-,39-,40?,41?,42+,44?,45?,46?,48?,49?,53?/m1/s1. The summed E-state index contributed by atoms with van der Waals surface area (Å²) in [6.07, 6.45) is 13.3. The SMILES string of the molecule is COC1CC(CC(C)C2CC(=O)C(C)/C=C(\C)C(O)C(OC)C(=O)[C@H](C)CC(C)/C=C/C=C/C=C(\C)C(C)CC3CC[C@@H](C)C(O)(O3)C(=O)C(=O)N3CCCC[C@H]3C(=O)O2)CCC1OCCO. The molecule has 14 nitrogen and oxygen atoms in total. The first-order valence-electron chi connectivity index (χ1n) is 24.9. The number of fused-ring (bicyclic) bond motifs is 3. The van der Waals surface area contributed by atoms with Crippen molar-refractivity contribution in [2.75, 3.05) is 34.0 Å². The summed E-state index contributed by atoms with van der Waals surface area (Å²) >= 11 is 0. The van der Waals surface area contributed by atoms with Crippen molar-refractivity contribution in [3.05, 3.63) is 47.6 Å². The Morgan fingerprint density at radius 1 is 0.851 bits per heavy atom. The highest BCUT2D eigenvalue weighted by molar-refractivity contribution is 6.39. The number of methoxy groups -OCH3 is 2. The van der Waals surface area contributed by atoms with Gasteiger partial charge in [-0.1, -0.05) is 83.6 Å². The molecule has 3 heterocycles. The topological polar surface area (TPSA) is 195 Å². The fourth-order valence-electron chi connectivity index (χ4n) is 10.4. The average molecular weight is 942 g/mol. The van der Waals surface area contributed by atoms with Crippen LogP contribution in [0.1, 0.15) is 132 Å². The van der Waals surface area contributed by atoms with Crippen LogP contribution in [0.15, 0.2) is 47.6 Å². The summed E-state index contributed by atoms with van der Waals surface area (Å²) in [5.74, 6) is -7.67. The fraction of sp³-hybridized carbons (Fsp3) is 0.755. The van der Waals surface area contributed by atoms with E-state index in [4.69, 9.17) is 23.7 Å². The smallest absolute Gasteiger partial charge is 0.329 e. The van der Waals surface area contributed by atoms with Crippen LogP contribution in [0.3, 0.4) is 0 Å². The summed E-state index contributed by atoms with van der Waals surface area (Å²) in [6, 6.07) is -1.12. The van der Waals surface area contributed by atoms with Gasteiger partial charge in [0.15, 0.2) is 5.78 Å². The largest absolute Gasteiger partial charge is 0.460 e. The molecule has 2 saturated heterocycles. The lowest BCUT2D eigenvalue weighted by atomic mass is 9.78. The predicted molar refractivity (Wildman–Crippen MR) is 254 cm³/mol. The van der Waals surface area contributed by atoms with Crippen LogP contribution in [0.4, 0.5) is 0 Å². The molecule has 3 fully saturated rings. The van der Waals surface area contributed by atoms with Crippen LogP contribution in [0.25, 0.3) is 0 Å². The molecule has 3 N–H and O–H groups in total. The summed E-state index contributed by atoms with van der Waals surface area (Å²) in [5, 5.41) is 32.7. The zero-order valence-electron chi connectivity index (χ0n) is 42.0. The molecule has 1 saturated carbocycles. The van der Waals surface area contributed by atoms with Gasteiger partial charge >= 0.3 is 5.97 Å². The van der Waals surface area contributed by atoms with Crippen LogP contribution in [0, 0.1) is 41.4 Å². The molecule has 0 aromatic heterocycles. The second-order valence-corrected chi connectivity index (χ2v) is 20.3. The molecule has 2 bridgehead atoms. The van der Waals surface area contributed by atoms with Gasteiger partial charge in [-0.3, -0.25) is 19.2 Å². The van der Waals surface area contributed by atoms with Crippen LogP contribution in [-0.4, -0.2) is 132 Å². The highest BCUT2D eigenvalue weighted by Crippen LogP contribution is 2.38. The lowest BCUT2D eigenvalue weighted by molar-refractivity contribution is -0.264. The lowest BCUT2D eigenvalue weighted by Gasteiger charge is -2.42. The molecule has 0 spiro atoms. The van der Waals surface area contributed by atoms with Crippen LogP contribution in [0.2, 0.25) is 0 Å². The molecule has 12 unspecified atom stereocenters. The van der Waals surface area contributed by atoms with E-state index in [-0.39, 0.29) is 80.0 Å². The first kappa shape index (κ1) is 56.2. The van der Waals surface area contributed by atoms with Crippen molar-refractivity contribution in [2.24, 2.45) is 41.4 Å². The second kappa shape index (κ2) is 26.6. The van der Waals surface area contributed by atoms with Gasteiger partial charge in [0, 0.05) is 44.9 Å². The first-order chi connectivity index (χ1) is 31.7. The van der Waals surface area contributed by atoms with Crippen molar-refractivity contribution < 1.29 is 63.0 Å². The Kier molecular flexibility index (Phi) is 22.3. The summed E-state index contributed by atoms with van der Waals surface area (Å²) in [4.78, 5) is 72.0. The van der Waals surface area contributed by atoms with Crippen LogP contribution < -0.4 is 0 Å². The summed E-state index contributed by atoms with van der Waals surface area (Å²) in [5.41, 5.74) is 1.46. The molecular weight excluding hydrogens is 859 g/mol. The zero-order chi connectivity index (χ0) is 49.6. The Labute approximate surface area is 399 Å². The van der Waals surface area contributed by atoms with E-state index in [2.05, 4.69) is 6.92 Å². The number of ketones is 3.